The molecule has 0 amide bonds. The Balaban J connectivity index is 2.58. The zero-order valence-electron chi connectivity index (χ0n) is 17.6. The van der Waals surface area contributed by atoms with Gasteiger partial charge in [-0.15, -0.1) is 0 Å². The average molecular weight is 422 g/mol. The number of carbonyl (C=O) groups excluding carboxylic acids is 4. The molecule has 30 heavy (non-hydrogen) atoms. The molecule has 0 bridgehead atoms. The molecule has 1 saturated heterocycles. The smallest absolute Gasteiger partial charge is 0.303 e. The third kappa shape index (κ3) is 5.56. The van der Waals surface area contributed by atoms with E-state index in [1.165, 1.54) is 27.7 Å². The first-order valence-corrected chi connectivity index (χ1v) is 9.41. The van der Waals surface area contributed by atoms with Crippen LogP contribution in [0.15, 0.2) is 24.3 Å². The molecule has 0 saturated carbocycles. The summed E-state index contributed by atoms with van der Waals surface area (Å²) in [6.45, 7) is 6.20. The van der Waals surface area contributed by atoms with Crippen molar-refractivity contribution in [2.24, 2.45) is 0 Å². The summed E-state index contributed by atoms with van der Waals surface area (Å²) in [7, 11) is 0. The Kier molecular flexibility index (Phi) is 7.55. The van der Waals surface area contributed by atoms with Crippen LogP contribution in [-0.2, 0) is 48.5 Å². The SMILES string of the molecule is CC(=O)OC[C@@H]1O[C@](COC(C)=O)(c2ccc(C)cc2)[C@@H](OC(C)=O)[C@@H]1OC(C)=O. The maximum absolute atomic E-state index is 11.9. The quantitative estimate of drug-likeness (QED) is 0.477. The number of hydrogen-bond donors (Lipinski definition) is 0. The van der Waals surface area contributed by atoms with E-state index >= 15 is 0 Å². The van der Waals surface area contributed by atoms with E-state index in [9.17, 15) is 19.2 Å². The van der Waals surface area contributed by atoms with E-state index in [0.717, 1.165) is 5.56 Å². The molecule has 1 aliphatic rings. The topological polar surface area (TPSA) is 114 Å². The lowest BCUT2D eigenvalue weighted by Gasteiger charge is -2.34. The van der Waals surface area contributed by atoms with E-state index in [0.29, 0.717) is 5.56 Å². The summed E-state index contributed by atoms with van der Waals surface area (Å²) in [5, 5.41) is 0. The highest BCUT2D eigenvalue weighted by Crippen LogP contribution is 2.44. The zero-order chi connectivity index (χ0) is 22.5. The molecular weight excluding hydrogens is 396 g/mol. The molecule has 2 rings (SSSR count). The van der Waals surface area contributed by atoms with Gasteiger partial charge in [0.2, 0.25) is 0 Å². The molecule has 0 aliphatic carbocycles. The number of hydrogen-bond acceptors (Lipinski definition) is 9. The minimum atomic E-state index is -1.48. The molecule has 0 radical (unpaired) electrons. The van der Waals surface area contributed by atoms with Crippen molar-refractivity contribution in [2.45, 2.75) is 58.5 Å². The Morgan fingerprint density at radius 3 is 1.93 bits per heavy atom. The van der Waals surface area contributed by atoms with E-state index in [-0.39, 0.29) is 13.2 Å². The van der Waals surface area contributed by atoms with Crippen LogP contribution in [0.5, 0.6) is 0 Å². The van der Waals surface area contributed by atoms with Crippen LogP contribution in [0.4, 0.5) is 0 Å². The fourth-order valence-corrected chi connectivity index (χ4v) is 3.34. The van der Waals surface area contributed by atoms with Crippen molar-refractivity contribution in [3.05, 3.63) is 35.4 Å². The monoisotopic (exact) mass is 422 g/mol. The van der Waals surface area contributed by atoms with Gasteiger partial charge < -0.3 is 23.7 Å². The van der Waals surface area contributed by atoms with Gasteiger partial charge >= 0.3 is 23.9 Å². The van der Waals surface area contributed by atoms with Crippen molar-refractivity contribution < 1.29 is 42.9 Å². The molecule has 0 N–H and O–H groups in total. The van der Waals surface area contributed by atoms with Gasteiger partial charge in [0.25, 0.3) is 0 Å². The standard InChI is InChI=1S/C21H26O9/c1-12-6-8-17(9-7-12)21(11-27-14(3)23)20(29-16(5)25)19(28-15(4)24)18(30-21)10-26-13(2)22/h6-9,18-20H,10-11H2,1-5H3/t18-,19+,20-,21+/m0/s1. The van der Waals surface area contributed by atoms with Crippen LogP contribution >= 0.6 is 0 Å². The predicted octanol–water partition coefficient (Wildman–Crippen LogP) is 1.58. The molecular formula is C21H26O9. The van der Waals surface area contributed by atoms with E-state index in [1.807, 2.05) is 19.1 Å². The van der Waals surface area contributed by atoms with Crippen molar-refractivity contribution in [1.82, 2.24) is 0 Å². The minimum absolute atomic E-state index is 0.251. The Morgan fingerprint density at radius 2 is 1.43 bits per heavy atom. The lowest BCUT2D eigenvalue weighted by atomic mass is 9.87. The zero-order valence-corrected chi connectivity index (χ0v) is 17.6. The van der Waals surface area contributed by atoms with Gasteiger partial charge in [0.15, 0.2) is 17.8 Å². The molecule has 1 heterocycles. The van der Waals surface area contributed by atoms with Crippen molar-refractivity contribution >= 4 is 23.9 Å². The summed E-state index contributed by atoms with van der Waals surface area (Å²) in [5.41, 5.74) is 0.0372. The van der Waals surface area contributed by atoms with Crippen LogP contribution in [-0.4, -0.2) is 55.4 Å². The normalized spacial score (nSPS) is 25.3. The van der Waals surface area contributed by atoms with E-state index in [2.05, 4.69) is 0 Å². The summed E-state index contributed by atoms with van der Waals surface area (Å²) >= 11 is 0. The van der Waals surface area contributed by atoms with Crippen LogP contribution < -0.4 is 0 Å². The molecule has 1 aliphatic heterocycles. The Morgan fingerprint density at radius 1 is 0.867 bits per heavy atom. The van der Waals surface area contributed by atoms with Gasteiger partial charge in [0.05, 0.1) is 0 Å². The molecule has 4 atom stereocenters. The number of carbonyl (C=O) groups is 4. The molecule has 1 fully saturated rings. The summed E-state index contributed by atoms with van der Waals surface area (Å²) in [5.74, 6) is -2.41. The summed E-state index contributed by atoms with van der Waals surface area (Å²) in [4.78, 5) is 46.6. The van der Waals surface area contributed by atoms with Crippen molar-refractivity contribution in [1.29, 1.82) is 0 Å². The lowest BCUT2D eigenvalue weighted by molar-refractivity contribution is -0.179. The van der Waals surface area contributed by atoms with Crippen molar-refractivity contribution in [3.63, 3.8) is 0 Å². The second kappa shape index (κ2) is 9.71. The third-order valence-electron chi connectivity index (χ3n) is 4.56. The van der Waals surface area contributed by atoms with E-state index in [1.54, 1.807) is 12.1 Å². The van der Waals surface area contributed by atoms with E-state index in [4.69, 9.17) is 23.7 Å². The molecule has 1 aromatic rings. The van der Waals surface area contributed by atoms with Crippen LogP contribution in [0, 0.1) is 6.92 Å². The Bertz CT molecular complexity index is 801. The molecule has 9 nitrogen and oxygen atoms in total. The van der Waals surface area contributed by atoms with Crippen molar-refractivity contribution in [3.8, 4) is 0 Å². The molecule has 0 aromatic heterocycles. The third-order valence-corrected chi connectivity index (χ3v) is 4.56. The van der Waals surface area contributed by atoms with Crippen LogP contribution in [0.3, 0.4) is 0 Å². The first-order chi connectivity index (χ1) is 14.0. The second-order valence-electron chi connectivity index (χ2n) is 7.10. The Hall–Kier alpha value is -2.94. The van der Waals surface area contributed by atoms with Gasteiger partial charge in [-0.2, -0.15) is 0 Å². The molecule has 9 heteroatoms. The van der Waals surface area contributed by atoms with Crippen LogP contribution in [0.1, 0.15) is 38.8 Å². The lowest BCUT2D eigenvalue weighted by Crippen LogP contribution is -2.48. The minimum Gasteiger partial charge on any atom is -0.463 e. The fourth-order valence-electron chi connectivity index (χ4n) is 3.34. The molecule has 0 unspecified atom stereocenters. The van der Waals surface area contributed by atoms with Crippen molar-refractivity contribution in [2.75, 3.05) is 13.2 Å². The molecule has 0 spiro atoms. The van der Waals surface area contributed by atoms with Gasteiger partial charge in [-0.25, -0.2) is 0 Å². The first-order valence-electron chi connectivity index (χ1n) is 9.41. The van der Waals surface area contributed by atoms with Gasteiger partial charge in [-0.05, 0) is 12.5 Å². The highest BCUT2D eigenvalue weighted by molar-refractivity contribution is 5.68. The van der Waals surface area contributed by atoms with Gasteiger partial charge in [0.1, 0.15) is 19.3 Å². The summed E-state index contributed by atoms with van der Waals surface area (Å²) in [6, 6.07) is 7.13. The van der Waals surface area contributed by atoms with Crippen LogP contribution in [0.25, 0.3) is 0 Å². The number of aryl methyl sites for hydroxylation is 1. The number of ether oxygens (including phenoxy) is 5. The second-order valence-corrected chi connectivity index (χ2v) is 7.10. The predicted molar refractivity (Wildman–Crippen MR) is 102 cm³/mol. The number of rotatable bonds is 7. The van der Waals surface area contributed by atoms with Crippen LogP contribution in [0.2, 0.25) is 0 Å². The highest BCUT2D eigenvalue weighted by atomic mass is 16.7. The first kappa shape index (κ1) is 23.3. The average Bonchev–Trinajstić information content (AvgIpc) is 2.92. The largest absolute Gasteiger partial charge is 0.463 e. The van der Waals surface area contributed by atoms with Gasteiger partial charge in [-0.3, -0.25) is 19.2 Å². The molecule has 1 aromatic carbocycles. The maximum Gasteiger partial charge on any atom is 0.303 e. The summed E-state index contributed by atoms with van der Waals surface area (Å²) < 4.78 is 27.4. The van der Waals surface area contributed by atoms with Gasteiger partial charge in [-0.1, -0.05) is 29.8 Å². The summed E-state index contributed by atoms with van der Waals surface area (Å²) in [6.07, 6.45) is -3.21. The number of esters is 4. The van der Waals surface area contributed by atoms with Gasteiger partial charge in [0, 0.05) is 27.7 Å². The van der Waals surface area contributed by atoms with E-state index < -0.39 is 47.8 Å². The maximum atomic E-state index is 11.9. The molecule has 164 valence electrons. The Labute approximate surface area is 174 Å². The number of benzene rings is 1. The fraction of sp³-hybridized carbons (Fsp3) is 0.524. The highest BCUT2D eigenvalue weighted by Gasteiger charge is 2.61.